The van der Waals surface area contributed by atoms with Crippen molar-refractivity contribution < 1.29 is 9.59 Å². The second-order valence-corrected chi connectivity index (χ2v) is 5.47. The first-order chi connectivity index (χ1) is 10.5. The van der Waals surface area contributed by atoms with Crippen LogP contribution >= 0.6 is 0 Å². The third kappa shape index (κ3) is 3.01. The van der Waals surface area contributed by atoms with Crippen molar-refractivity contribution in [2.24, 2.45) is 0 Å². The fourth-order valence-electron chi connectivity index (χ4n) is 2.37. The molecule has 2 aromatic carbocycles. The Hall–Kier alpha value is -2.62. The first-order valence-corrected chi connectivity index (χ1v) is 6.96. The highest BCUT2D eigenvalue weighted by Gasteiger charge is 2.18. The van der Waals surface area contributed by atoms with Crippen LogP contribution in [0.3, 0.4) is 0 Å². The topological polar surface area (TPSA) is 40.6 Å². The number of para-hydroxylation sites is 1. The number of hydrogen-bond acceptors (Lipinski definition) is 4. The fraction of sp³-hybridized carbons (Fsp3) is 0.222. The average molecular weight is 295 g/mol. The third-order valence-corrected chi connectivity index (χ3v) is 3.46. The maximum atomic E-state index is 12.8. The molecule has 22 heavy (non-hydrogen) atoms. The van der Waals surface area contributed by atoms with Crippen molar-refractivity contribution in [1.29, 1.82) is 0 Å². The van der Waals surface area contributed by atoms with E-state index in [0.29, 0.717) is 22.4 Å². The molecule has 0 spiro atoms. The molecule has 0 aliphatic heterocycles. The Morgan fingerprint density at radius 2 is 1.64 bits per heavy atom. The maximum absolute atomic E-state index is 12.8. The average Bonchev–Trinajstić information content (AvgIpc) is 2.53. The molecule has 0 aromatic heterocycles. The second kappa shape index (κ2) is 6.43. The van der Waals surface area contributed by atoms with E-state index in [0.717, 1.165) is 5.69 Å². The molecule has 2 rings (SSSR count). The molecule has 0 atom stereocenters. The summed E-state index contributed by atoms with van der Waals surface area (Å²) in [5.41, 5.74) is 3.03. The van der Waals surface area contributed by atoms with Crippen LogP contribution in [-0.4, -0.2) is 40.3 Å². The predicted molar refractivity (Wildman–Crippen MR) is 89.8 cm³/mol. The van der Waals surface area contributed by atoms with Gasteiger partial charge in [0.2, 0.25) is 6.29 Å². The summed E-state index contributed by atoms with van der Waals surface area (Å²) in [5.74, 6) is -0.107. The first-order valence-electron chi connectivity index (χ1n) is 6.96. The van der Waals surface area contributed by atoms with Gasteiger partial charge in [0.05, 0.1) is 11.3 Å². The molecule has 0 N–H and O–H groups in total. The SMILES string of the molecule is CN(C)c1cccc(C(=O)c2cccc([C]=O)c2N(C)C)c1. The van der Waals surface area contributed by atoms with Gasteiger partial charge in [-0.3, -0.25) is 9.59 Å². The number of nitrogens with zero attached hydrogens (tertiary/aromatic N) is 2. The van der Waals surface area contributed by atoms with E-state index in [1.807, 2.05) is 57.6 Å². The lowest BCUT2D eigenvalue weighted by Crippen LogP contribution is -2.17. The van der Waals surface area contributed by atoms with Gasteiger partial charge in [-0.1, -0.05) is 18.2 Å². The van der Waals surface area contributed by atoms with Gasteiger partial charge < -0.3 is 9.80 Å². The number of anilines is 2. The van der Waals surface area contributed by atoms with Crippen molar-refractivity contribution in [3.63, 3.8) is 0 Å². The van der Waals surface area contributed by atoms with Crippen LogP contribution in [-0.2, 0) is 4.79 Å². The minimum atomic E-state index is -0.107. The van der Waals surface area contributed by atoms with E-state index in [-0.39, 0.29) is 5.78 Å². The van der Waals surface area contributed by atoms with Gasteiger partial charge in [-0.05, 0) is 24.3 Å². The summed E-state index contributed by atoms with van der Waals surface area (Å²) in [6.07, 6.45) is 1.90. The molecular weight excluding hydrogens is 276 g/mol. The van der Waals surface area contributed by atoms with Crippen molar-refractivity contribution in [1.82, 2.24) is 0 Å². The summed E-state index contributed by atoms with van der Waals surface area (Å²) in [6.45, 7) is 0. The van der Waals surface area contributed by atoms with E-state index in [4.69, 9.17) is 0 Å². The minimum absolute atomic E-state index is 0.107. The minimum Gasteiger partial charge on any atom is -0.378 e. The van der Waals surface area contributed by atoms with Gasteiger partial charge in [0.25, 0.3) is 0 Å². The zero-order chi connectivity index (χ0) is 16.3. The van der Waals surface area contributed by atoms with Crippen LogP contribution in [0.2, 0.25) is 0 Å². The molecule has 1 radical (unpaired) electrons. The first kappa shape index (κ1) is 15.8. The number of ketones is 1. The standard InChI is InChI=1S/C18H19N2O2/c1-19(2)15-9-5-7-13(11-15)18(22)16-10-6-8-14(12-21)17(16)20(3)4/h5-11H,1-4H3. The monoisotopic (exact) mass is 295 g/mol. The van der Waals surface area contributed by atoms with E-state index in [1.54, 1.807) is 29.2 Å². The van der Waals surface area contributed by atoms with Crippen LogP contribution in [0.5, 0.6) is 0 Å². The number of benzene rings is 2. The fourth-order valence-corrected chi connectivity index (χ4v) is 2.37. The zero-order valence-corrected chi connectivity index (χ0v) is 13.3. The third-order valence-electron chi connectivity index (χ3n) is 3.46. The molecule has 0 aliphatic rings. The normalized spacial score (nSPS) is 10.2. The predicted octanol–water partition coefficient (Wildman–Crippen LogP) is 2.51. The van der Waals surface area contributed by atoms with Crippen LogP contribution in [0.25, 0.3) is 0 Å². The summed E-state index contributed by atoms with van der Waals surface area (Å²) in [4.78, 5) is 27.7. The highest BCUT2D eigenvalue weighted by molar-refractivity contribution is 6.14. The summed E-state index contributed by atoms with van der Waals surface area (Å²) in [7, 11) is 7.47. The Bertz CT molecular complexity index is 706. The van der Waals surface area contributed by atoms with Crippen molar-refractivity contribution >= 4 is 23.4 Å². The molecule has 0 heterocycles. The van der Waals surface area contributed by atoms with Gasteiger partial charge in [0, 0.05) is 45.0 Å². The summed E-state index contributed by atoms with van der Waals surface area (Å²) >= 11 is 0. The lowest BCUT2D eigenvalue weighted by atomic mass is 9.98. The van der Waals surface area contributed by atoms with Crippen molar-refractivity contribution in [3.05, 3.63) is 59.2 Å². The van der Waals surface area contributed by atoms with Crippen LogP contribution in [0.1, 0.15) is 21.5 Å². The number of rotatable bonds is 5. The van der Waals surface area contributed by atoms with Gasteiger partial charge in [0.15, 0.2) is 5.78 Å². The van der Waals surface area contributed by atoms with Crippen molar-refractivity contribution in [2.75, 3.05) is 38.0 Å². The van der Waals surface area contributed by atoms with Crippen molar-refractivity contribution in [2.45, 2.75) is 0 Å². The molecule has 4 nitrogen and oxygen atoms in total. The van der Waals surface area contributed by atoms with E-state index >= 15 is 0 Å². The second-order valence-electron chi connectivity index (χ2n) is 5.47. The summed E-state index contributed by atoms with van der Waals surface area (Å²) < 4.78 is 0. The molecule has 0 bridgehead atoms. The Morgan fingerprint density at radius 1 is 0.955 bits per heavy atom. The van der Waals surface area contributed by atoms with Crippen LogP contribution in [0, 0.1) is 0 Å². The summed E-state index contributed by atoms with van der Waals surface area (Å²) in [6, 6.07) is 12.5. The van der Waals surface area contributed by atoms with Gasteiger partial charge in [-0.15, -0.1) is 0 Å². The van der Waals surface area contributed by atoms with Gasteiger partial charge in [0.1, 0.15) is 0 Å². The van der Waals surface area contributed by atoms with Gasteiger partial charge >= 0.3 is 0 Å². The molecule has 0 unspecified atom stereocenters. The number of carbonyl (C=O) groups excluding carboxylic acids is 2. The molecule has 4 heteroatoms. The molecule has 2 aromatic rings. The quantitative estimate of drug-likeness (QED) is 0.795. The summed E-state index contributed by atoms with van der Waals surface area (Å²) in [5, 5.41) is 0. The van der Waals surface area contributed by atoms with Gasteiger partial charge in [-0.2, -0.15) is 0 Å². The van der Waals surface area contributed by atoms with E-state index in [9.17, 15) is 9.59 Å². The lowest BCUT2D eigenvalue weighted by molar-refractivity contribution is 0.103. The molecular formula is C18H19N2O2. The molecule has 0 aliphatic carbocycles. The van der Waals surface area contributed by atoms with E-state index in [1.165, 1.54) is 0 Å². The Morgan fingerprint density at radius 3 is 2.23 bits per heavy atom. The smallest absolute Gasteiger partial charge is 0.235 e. The van der Waals surface area contributed by atoms with E-state index < -0.39 is 0 Å². The van der Waals surface area contributed by atoms with Crippen LogP contribution < -0.4 is 9.80 Å². The highest BCUT2D eigenvalue weighted by atomic mass is 16.1. The molecule has 0 saturated heterocycles. The Labute approximate surface area is 131 Å². The number of hydrogen-bond donors (Lipinski definition) is 0. The molecule has 0 saturated carbocycles. The maximum Gasteiger partial charge on any atom is 0.235 e. The van der Waals surface area contributed by atoms with Gasteiger partial charge in [-0.25, -0.2) is 0 Å². The Balaban J connectivity index is 2.54. The molecule has 113 valence electrons. The van der Waals surface area contributed by atoms with Crippen LogP contribution in [0.15, 0.2) is 42.5 Å². The van der Waals surface area contributed by atoms with Crippen LogP contribution in [0.4, 0.5) is 11.4 Å². The zero-order valence-electron chi connectivity index (χ0n) is 13.3. The highest BCUT2D eigenvalue weighted by Crippen LogP contribution is 2.26. The lowest BCUT2D eigenvalue weighted by Gasteiger charge is -2.19. The largest absolute Gasteiger partial charge is 0.378 e. The van der Waals surface area contributed by atoms with E-state index in [2.05, 4.69) is 0 Å². The molecule has 0 amide bonds. The molecule has 0 fully saturated rings. The van der Waals surface area contributed by atoms with Crippen molar-refractivity contribution in [3.8, 4) is 0 Å². The number of carbonyl (C=O) groups is 1. The Kier molecular flexibility index (Phi) is 4.61.